The summed E-state index contributed by atoms with van der Waals surface area (Å²) < 4.78 is 57.7. The van der Waals surface area contributed by atoms with Crippen LogP contribution in [-0.4, -0.2) is 18.8 Å². The molecular formula is C13H13F4NO. The van der Waals surface area contributed by atoms with Gasteiger partial charge in [-0.05, 0) is 24.1 Å². The van der Waals surface area contributed by atoms with Crippen LogP contribution < -0.4 is 5.32 Å². The molecule has 1 saturated heterocycles. The number of nitrogens with one attached hydrogen (secondary N) is 1. The maximum Gasteiger partial charge on any atom is 0.419 e. The van der Waals surface area contributed by atoms with E-state index in [1.165, 1.54) is 6.07 Å². The second-order valence-corrected chi connectivity index (χ2v) is 5.07. The largest absolute Gasteiger partial charge is 0.419 e. The molecule has 19 heavy (non-hydrogen) atoms. The zero-order chi connectivity index (χ0) is 13.8. The first-order valence-electron chi connectivity index (χ1n) is 6.15. The van der Waals surface area contributed by atoms with Crippen molar-refractivity contribution in [3.8, 4) is 0 Å². The zero-order valence-corrected chi connectivity index (χ0v) is 10.2. The van der Waals surface area contributed by atoms with Crippen LogP contribution in [0.1, 0.15) is 29.7 Å². The van der Waals surface area contributed by atoms with Crippen LogP contribution in [0.3, 0.4) is 0 Å². The van der Waals surface area contributed by atoms with Gasteiger partial charge in [0.15, 0.2) is 0 Å². The van der Waals surface area contributed by atoms with E-state index in [1.807, 2.05) is 6.92 Å². The van der Waals surface area contributed by atoms with Crippen molar-refractivity contribution in [2.75, 3.05) is 6.54 Å². The lowest BCUT2D eigenvalue weighted by molar-refractivity contribution is -0.140. The summed E-state index contributed by atoms with van der Waals surface area (Å²) >= 11 is 0. The Hall–Kier alpha value is -1.14. The summed E-state index contributed by atoms with van der Waals surface area (Å²) in [6.45, 7) is 2.49. The number of alkyl halides is 3. The summed E-state index contributed by atoms with van der Waals surface area (Å²) in [4.78, 5) is 0. The molecule has 0 radical (unpaired) electrons. The third-order valence-corrected chi connectivity index (χ3v) is 3.73. The summed E-state index contributed by atoms with van der Waals surface area (Å²) in [5.41, 5.74) is -0.480. The van der Waals surface area contributed by atoms with Crippen molar-refractivity contribution in [2.45, 2.75) is 37.8 Å². The van der Waals surface area contributed by atoms with E-state index < -0.39 is 17.6 Å². The fourth-order valence-corrected chi connectivity index (χ4v) is 2.88. The molecule has 2 nitrogen and oxygen atoms in total. The fraction of sp³-hybridized carbons (Fsp3) is 0.538. The van der Waals surface area contributed by atoms with Gasteiger partial charge in [0.1, 0.15) is 5.82 Å². The first-order chi connectivity index (χ1) is 8.88. The Balaban J connectivity index is 2.01. The van der Waals surface area contributed by atoms with Crippen LogP contribution in [0.5, 0.6) is 0 Å². The molecular weight excluding hydrogens is 262 g/mol. The summed E-state index contributed by atoms with van der Waals surface area (Å²) in [6.07, 6.45) is -4.76. The molecule has 3 rings (SSSR count). The van der Waals surface area contributed by atoms with Crippen molar-refractivity contribution in [3.05, 3.63) is 34.6 Å². The molecule has 1 aliphatic carbocycles. The number of benzene rings is 1. The second-order valence-electron chi connectivity index (χ2n) is 5.07. The quantitative estimate of drug-likeness (QED) is 0.735. The number of hydrogen-bond acceptors (Lipinski definition) is 2. The van der Waals surface area contributed by atoms with Gasteiger partial charge in [0.2, 0.25) is 0 Å². The molecule has 6 heteroatoms. The lowest BCUT2D eigenvalue weighted by atomic mass is 10.0. The van der Waals surface area contributed by atoms with Gasteiger partial charge in [-0.25, -0.2) is 4.39 Å². The molecule has 1 aromatic rings. The highest BCUT2D eigenvalue weighted by Crippen LogP contribution is 2.41. The summed E-state index contributed by atoms with van der Waals surface area (Å²) in [7, 11) is 0. The fourth-order valence-electron chi connectivity index (χ4n) is 2.88. The molecule has 104 valence electrons. The van der Waals surface area contributed by atoms with Gasteiger partial charge in [-0.15, -0.1) is 0 Å². The minimum absolute atomic E-state index is 0.0132. The lowest BCUT2D eigenvalue weighted by Crippen LogP contribution is -2.44. The van der Waals surface area contributed by atoms with E-state index in [9.17, 15) is 17.6 Å². The van der Waals surface area contributed by atoms with Crippen molar-refractivity contribution in [3.63, 3.8) is 0 Å². The van der Waals surface area contributed by atoms with Crippen LogP contribution in [0.4, 0.5) is 17.6 Å². The van der Waals surface area contributed by atoms with Crippen LogP contribution in [0, 0.1) is 5.82 Å². The van der Waals surface area contributed by atoms with E-state index in [0.29, 0.717) is 12.1 Å². The molecule has 2 aliphatic rings. The topological polar surface area (TPSA) is 21.3 Å². The highest BCUT2D eigenvalue weighted by molar-refractivity contribution is 5.42. The summed E-state index contributed by atoms with van der Waals surface area (Å²) in [6, 6.07) is 1.97. The average Bonchev–Trinajstić information content (AvgIpc) is 2.66. The Bertz CT molecular complexity index is 514. The van der Waals surface area contributed by atoms with Gasteiger partial charge >= 0.3 is 6.18 Å². The molecule has 1 aliphatic heterocycles. The number of morpholine rings is 1. The van der Waals surface area contributed by atoms with Gasteiger partial charge in [0, 0.05) is 13.0 Å². The van der Waals surface area contributed by atoms with Crippen molar-refractivity contribution in [1.29, 1.82) is 0 Å². The Morgan fingerprint density at radius 1 is 1.32 bits per heavy atom. The molecule has 0 saturated carbocycles. The first-order valence-corrected chi connectivity index (χ1v) is 6.15. The number of halogens is 4. The minimum Gasteiger partial charge on any atom is -0.372 e. The number of hydrogen-bond donors (Lipinski definition) is 1. The Morgan fingerprint density at radius 2 is 2.05 bits per heavy atom. The summed E-state index contributed by atoms with van der Waals surface area (Å²) in [5.74, 6) is -1.16. The highest BCUT2D eigenvalue weighted by atomic mass is 19.4. The maximum atomic E-state index is 14.0. The van der Waals surface area contributed by atoms with Crippen LogP contribution in [0.2, 0.25) is 0 Å². The van der Waals surface area contributed by atoms with Crippen molar-refractivity contribution in [2.24, 2.45) is 0 Å². The van der Waals surface area contributed by atoms with Gasteiger partial charge < -0.3 is 10.1 Å². The van der Waals surface area contributed by atoms with E-state index in [0.717, 1.165) is 6.07 Å². The molecule has 1 N–H and O–H groups in total. The first kappa shape index (κ1) is 12.9. The molecule has 1 aromatic carbocycles. The normalized spacial score (nSPS) is 30.1. The van der Waals surface area contributed by atoms with E-state index in [2.05, 4.69) is 5.32 Å². The van der Waals surface area contributed by atoms with Crippen molar-refractivity contribution in [1.82, 2.24) is 5.32 Å². The van der Waals surface area contributed by atoms with E-state index in [1.54, 1.807) is 0 Å². The average molecular weight is 275 g/mol. The third kappa shape index (κ3) is 2.03. The standard InChI is InChI=1S/C13H13F4NO/c1-6-5-18-12-7-2-3-9(13(15,16)17)11(14)8(7)4-10(12)19-6/h2-3,6,10,12,18H,4-5H2,1H3/t6-,10+,12-/m0/s1. The number of rotatable bonds is 0. The Morgan fingerprint density at radius 3 is 2.74 bits per heavy atom. The molecule has 0 aromatic heterocycles. The van der Waals surface area contributed by atoms with E-state index in [-0.39, 0.29) is 30.2 Å². The van der Waals surface area contributed by atoms with Crippen LogP contribution in [0.15, 0.2) is 12.1 Å². The lowest BCUT2D eigenvalue weighted by Gasteiger charge is -2.32. The minimum atomic E-state index is -4.66. The second kappa shape index (κ2) is 4.18. The Kier molecular flexibility index (Phi) is 2.83. The third-order valence-electron chi connectivity index (χ3n) is 3.73. The molecule has 0 spiro atoms. The molecule has 0 bridgehead atoms. The molecule has 0 amide bonds. The van der Waals surface area contributed by atoms with Crippen molar-refractivity contribution < 1.29 is 22.3 Å². The zero-order valence-electron chi connectivity index (χ0n) is 10.2. The molecule has 1 heterocycles. The molecule has 1 fully saturated rings. The van der Waals surface area contributed by atoms with Gasteiger partial charge in [-0.3, -0.25) is 0 Å². The highest BCUT2D eigenvalue weighted by Gasteiger charge is 2.42. The molecule has 3 atom stereocenters. The van der Waals surface area contributed by atoms with Crippen molar-refractivity contribution >= 4 is 0 Å². The van der Waals surface area contributed by atoms with E-state index >= 15 is 0 Å². The van der Waals surface area contributed by atoms with Gasteiger partial charge in [-0.1, -0.05) is 6.07 Å². The predicted molar refractivity (Wildman–Crippen MR) is 60.2 cm³/mol. The van der Waals surface area contributed by atoms with Crippen LogP contribution in [0.25, 0.3) is 0 Å². The van der Waals surface area contributed by atoms with Gasteiger partial charge in [0.05, 0.1) is 23.8 Å². The maximum absolute atomic E-state index is 14.0. The monoisotopic (exact) mass is 275 g/mol. The summed E-state index contributed by atoms with van der Waals surface area (Å²) in [5, 5.41) is 3.20. The van der Waals surface area contributed by atoms with Crippen LogP contribution >= 0.6 is 0 Å². The van der Waals surface area contributed by atoms with Gasteiger partial charge in [-0.2, -0.15) is 13.2 Å². The number of fused-ring (bicyclic) bond motifs is 3. The molecule has 0 unspecified atom stereocenters. The predicted octanol–water partition coefficient (Wildman–Crippen LogP) is 2.82. The smallest absolute Gasteiger partial charge is 0.372 e. The SMILES string of the molecule is C[C@H]1CN[C@H]2c3ccc(C(F)(F)F)c(F)c3C[C@H]2O1. The van der Waals surface area contributed by atoms with Crippen LogP contribution in [-0.2, 0) is 17.3 Å². The number of ether oxygens (including phenoxy) is 1. The van der Waals surface area contributed by atoms with Gasteiger partial charge in [0.25, 0.3) is 0 Å². The van der Waals surface area contributed by atoms with E-state index in [4.69, 9.17) is 4.74 Å². The Labute approximate surface area is 107 Å².